The molecule has 0 N–H and O–H groups in total. The van der Waals surface area contributed by atoms with Crippen LogP contribution in [0.4, 0.5) is 0 Å². The summed E-state index contributed by atoms with van der Waals surface area (Å²) in [5, 5.41) is 2.68. The van der Waals surface area contributed by atoms with Crippen LogP contribution in [-0.2, 0) is 18.3 Å². The molecule has 0 aliphatic heterocycles. The Balaban J connectivity index is 0.000000158. The van der Waals surface area contributed by atoms with Crippen molar-refractivity contribution in [2.75, 3.05) is 0 Å². The second-order valence-corrected chi connectivity index (χ2v) is 19.6. The lowest BCUT2D eigenvalue weighted by atomic mass is 9.66. The van der Waals surface area contributed by atoms with E-state index in [1.807, 2.05) is 82.3 Å². The van der Waals surface area contributed by atoms with E-state index >= 15 is 0 Å². The zero-order chi connectivity index (χ0) is 55.0. The fraction of sp³-hybridized carbons (Fsp3) is 0.195. The van der Waals surface area contributed by atoms with Crippen LogP contribution in [0.1, 0.15) is 107 Å². The minimum absolute atomic E-state index is 0.188. The second-order valence-electron chi connectivity index (χ2n) is 19.6. The molecule has 0 saturated carbocycles. The summed E-state index contributed by atoms with van der Waals surface area (Å²) in [7, 11) is 0. The van der Waals surface area contributed by atoms with Gasteiger partial charge in [0.15, 0.2) is 0 Å². The van der Waals surface area contributed by atoms with E-state index in [0.29, 0.717) is 0 Å². The summed E-state index contributed by atoms with van der Waals surface area (Å²) in [5.41, 5.74) is 23.0. The van der Waals surface area contributed by atoms with Crippen LogP contribution in [0.15, 0.2) is 261 Å². The van der Waals surface area contributed by atoms with Crippen LogP contribution in [0.25, 0.3) is 39.1 Å². The normalized spacial score (nSPS) is 13.4. The van der Waals surface area contributed by atoms with Gasteiger partial charge in [-0.1, -0.05) is 322 Å². The minimum atomic E-state index is -0.188. The molecule has 3 aliphatic rings. The number of benzene rings is 10. The van der Waals surface area contributed by atoms with Crippen molar-refractivity contribution in [3.8, 4) is 22.3 Å². The molecule has 0 amide bonds. The highest BCUT2D eigenvalue weighted by Gasteiger charge is 2.48. The number of rotatable bonds is 1. The third-order valence-electron chi connectivity index (χ3n) is 14.1. The third-order valence-corrected chi connectivity index (χ3v) is 14.1. The molecular weight excluding hydrogens is 925 g/mol. The topological polar surface area (TPSA) is 0 Å². The predicted molar refractivity (Wildman–Crippen MR) is 339 cm³/mol. The fourth-order valence-corrected chi connectivity index (χ4v) is 10.2. The van der Waals surface area contributed by atoms with Gasteiger partial charge in [-0.15, -0.1) is 0 Å². The molecule has 1 spiro atoms. The Bertz CT molecular complexity index is 3310. The van der Waals surface area contributed by atoms with Crippen molar-refractivity contribution in [2.24, 2.45) is 0 Å². The van der Waals surface area contributed by atoms with E-state index in [2.05, 4.69) is 248 Å². The quantitative estimate of drug-likeness (QED) is 0.144. The van der Waals surface area contributed by atoms with Crippen LogP contribution >= 0.6 is 0 Å². The largest absolute Gasteiger partial charge is 0.0983 e. The Hall–Kier alpha value is -8.06. The molecule has 0 nitrogen and oxygen atoms in total. The van der Waals surface area contributed by atoms with Gasteiger partial charge in [-0.3, -0.25) is 0 Å². The van der Waals surface area contributed by atoms with Crippen molar-refractivity contribution >= 4 is 16.8 Å². The highest BCUT2D eigenvalue weighted by molar-refractivity contribution is 5.87. The average molecular weight is 1010 g/mol. The molecule has 390 valence electrons. The van der Waals surface area contributed by atoms with Gasteiger partial charge in [0.05, 0.1) is 5.41 Å². The van der Waals surface area contributed by atoms with Crippen LogP contribution in [-0.4, -0.2) is 0 Å². The molecule has 10 aromatic rings. The van der Waals surface area contributed by atoms with Crippen molar-refractivity contribution in [2.45, 2.75) is 100 Å². The molecule has 0 bridgehead atoms. The van der Waals surface area contributed by atoms with Gasteiger partial charge >= 0.3 is 0 Å². The molecule has 0 saturated heterocycles. The van der Waals surface area contributed by atoms with Crippen LogP contribution in [0.2, 0.25) is 0 Å². The predicted octanol–water partition coefficient (Wildman–Crippen LogP) is 21.6. The van der Waals surface area contributed by atoms with Crippen molar-refractivity contribution in [1.82, 2.24) is 0 Å². The Morgan fingerprint density at radius 2 is 0.844 bits per heavy atom. The van der Waals surface area contributed by atoms with Crippen LogP contribution in [0.3, 0.4) is 0 Å². The van der Waals surface area contributed by atoms with Crippen molar-refractivity contribution in [3.63, 3.8) is 0 Å². The first-order chi connectivity index (χ1) is 37.6. The molecule has 0 radical (unpaired) electrons. The van der Waals surface area contributed by atoms with E-state index in [1.54, 1.807) is 0 Å². The summed E-state index contributed by atoms with van der Waals surface area (Å²) in [6.07, 6.45) is 8.93. The summed E-state index contributed by atoms with van der Waals surface area (Å²) in [5.74, 6) is 0. The molecule has 0 aromatic heterocycles. The number of hydrogen-bond acceptors (Lipinski definition) is 0. The minimum Gasteiger partial charge on any atom is -0.0983 e. The Morgan fingerprint density at radius 1 is 0.364 bits per heavy atom. The molecule has 10 aromatic carbocycles. The molecule has 1 unspecified atom stereocenters. The molecule has 77 heavy (non-hydrogen) atoms. The van der Waals surface area contributed by atoms with E-state index < -0.39 is 0 Å². The van der Waals surface area contributed by atoms with Gasteiger partial charge in [0.1, 0.15) is 0 Å². The zero-order valence-corrected chi connectivity index (χ0v) is 47.8. The first kappa shape index (κ1) is 58.2. The van der Waals surface area contributed by atoms with Gasteiger partial charge in [-0.2, -0.15) is 0 Å². The average Bonchev–Trinajstić information content (AvgIpc) is 4.16. The number of allylic oxidation sites excluding steroid dienone is 2. The van der Waals surface area contributed by atoms with E-state index in [4.69, 9.17) is 0 Å². The maximum atomic E-state index is 4.63. The van der Waals surface area contributed by atoms with E-state index in [0.717, 1.165) is 19.3 Å². The van der Waals surface area contributed by atoms with Gasteiger partial charge < -0.3 is 0 Å². The number of aryl methyl sites for hydroxylation is 7. The summed E-state index contributed by atoms with van der Waals surface area (Å²) in [6, 6.07) is 85.9. The molecule has 0 heterocycles. The fourth-order valence-electron chi connectivity index (χ4n) is 10.2. The molecule has 13 rings (SSSR count). The molecule has 1 atom stereocenters. The lowest BCUT2D eigenvalue weighted by Gasteiger charge is -2.35. The summed E-state index contributed by atoms with van der Waals surface area (Å²) >= 11 is 0. The first-order valence-electron chi connectivity index (χ1n) is 28.0. The van der Waals surface area contributed by atoms with Crippen molar-refractivity contribution < 1.29 is 0 Å². The lowest BCUT2D eigenvalue weighted by Crippen LogP contribution is -2.29. The Morgan fingerprint density at radius 3 is 1.45 bits per heavy atom. The number of hydrogen-bond donors (Lipinski definition) is 0. The standard InChI is InChI=1S/C25H22.C14H14.C11H10.C10H10.C7H8.C6H6.2C2H6/c1-17-14-15-24-21(16-17)20-11-4-6-13-23(20)25(24)18(2)8-7-10-19-9-3-5-12-22(19)25;1-11-3-7-13(8-4-11)14-9-5-12(2)6-10-14;1-9-5-4-7-10-6-2-3-8-11(9)10;1-8-5-6-9-3-2-4-10(9)7-8;1-7-5-3-2-4-6-7;1-2-4-6-5-3-1;2*1-2/h3-6,9,11-16H,2,7-8,10H2,1H3;3-10H,1-2H3;2-8H,1H3;2,4-7H,3H2,1H3;2-6H,1H3;1-6H;2*1-2H3. The van der Waals surface area contributed by atoms with E-state index in [1.165, 1.54) is 112 Å². The Labute approximate surface area is 464 Å². The maximum Gasteiger partial charge on any atom is 0.0673 e. The Kier molecular flexibility index (Phi) is 22.6. The molecule has 0 fully saturated rings. The third kappa shape index (κ3) is 15.3. The van der Waals surface area contributed by atoms with Crippen LogP contribution in [0.5, 0.6) is 0 Å². The van der Waals surface area contributed by atoms with Gasteiger partial charge in [0, 0.05) is 0 Å². The van der Waals surface area contributed by atoms with Gasteiger partial charge in [0.2, 0.25) is 0 Å². The van der Waals surface area contributed by atoms with Crippen molar-refractivity contribution in [1.29, 1.82) is 0 Å². The smallest absolute Gasteiger partial charge is 0.0673 e. The van der Waals surface area contributed by atoms with Gasteiger partial charge in [-0.05, 0) is 139 Å². The summed E-state index contributed by atoms with van der Waals surface area (Å²) in [4.78, 5) is 0. The molecule has 3 aliphatic carbocycles. The second kappa shape index (κ2) is 29.9. The zero-order valence-electron chi connectivity index (χ0n) is 47.8. The lowest BCUT2D eigenvalue weighted by molar-refractivity contribution is 0.707. The SMILES string of the molecule is C=C1CCCc2ccccc2C12c1ccccc1-c1cc(C)ccc12.CC.CC.Cc1ccc(-c2ccc(C)cc2)cc1.Cc1ccc2c(c1)C=CC2.Cc1cccc2ccccc12.Cc1ccccc1.c1ccccc1. The molecule has 0 heteroatoms. The number of fused-ring (bicyclic) bond motifs is 9. The summed E-state index contributed by atoms with van der Waals surface area (Å²) < 4.78 is 0. The monoisotopic (exact) mass is 1010 g/mol. The van der Waals surface area contributed by atoms with E-state index in [9.17, 15) is 0 Å². The van der Waals surface area contributed by atoms with Gasteiger partial charge in [-0.25, -0.2) is 0 Å². The van der Waals surface area contributed by atoms with Crippen LogP contribution in [0, 0.1) is 41.5 Å². The van der Waals surface area contributed by atoms with E-state index in [-0.39, 0.29) is 5.41 Å². The summed E-state index contributed by atoms with van der Waals surface area (Å²) in [6.45, 7) is 25.4. The first-order valence-corrected chi connectivity index (χ1v) is 28.0. The molecular formula is C77H82. The van der Waals surface area contributed by atoms with Gasteiger partial charge in [0.25, 0.3) is 0 Å². The maximum absolute atomic E-state index is 4.63. The van der Waals surface area contributed by atoms with Crippen LogP contribution < -0.4 is 0 Å². The highest BCUT2D eigenvalue weighted by atomic mass is 14.5. The van der Waals surface area contributed by atoms with Crippen molar-refractivity contribution in [3.05, 3.63) is 328 Å². The highest BCUT2D eigenvalue weighted by Crippen LogP contribution is 2.58.